The van der Waals surface area contributed by atoms with Gasteiger partial charge < -0.3 is 14.2 Å². The molecule has 6 heteroatoms. The zero-order chi connectivity index (χ0) is 49.3. The fraction of sp³-hybridized carbons (Fsp3) is 0.694. The van der Waals surface area contributed by atoms with Crippen molar-refractivity contribution in [2.24, 2.45) is 0 Å². The topological polar surface area (TPSA) is 78.9 Å². The number of esters is 3. The Morgan fingerprint density at radius 2 is 0.588 bits per heavy atom. The van der Waals surface area contributed by atoms with Crippen LogP contribution in [-0.4, -0.2) is 37.2 Å². The summed E-state index contributed by atoms with van der Waals surface area (Å²) in [5, 5.41) is 0. The third-order valence-electron chi connectivity index (χ3n) is 11.8. The van der Waals surface area contributed by atoms with Crippen LogP contribution in [0.4, 0.5) is 0 Å². The highest BCUT2D eigenvalue weighted by Gasteiger charge is 2.19. The highest BCUT2D eigenvalue weighted by Crippen LogP contribution is 2.15. The molecule has 0 radical (unpaired) electrons. The molecule has 1 atom stereocenters. The number of carbonyl (C=O) groups excluding carboxylic acids is 3. The minimum Gasteiger partial charge on any atom is -0.462 e. The second-order valence-electron chi connectivity index (χ2n) is 18.5. The quantitative estimate of drug-likeness (QED) is 0.0262. The van der Waals surface area contributed by atoms with E-state index in [1.807, 2.05) is 0 Å². The Kier molecular flexibility index (Phi) is 52.9. The van der Waals surface area contributed by atoms with Crippen molar-refractivity contribution in [3.63, 3.8) is 0 Å². The second-order valence-corrected chi connectivity index (χ2v) is 18.5. The molecular weight excluding hydrogens is 841 g/mol. The van der Waals surface area contributed by atoms with Gasteiger partial charge in [-0.25, -0.2) is 0 Å². The van der Waals surface area contributed by atoms with Crippen LogP contribution >= 0.6 is 0 Å². The maximum Gasteiger partial charge on any atom is 0.306 e. The maximum absolute atomic E-state index is 12.8. The molecule has 388 valence electrons. The molecule has 0 aliphatic carbocycles. The van der Waals surface area contributed by atoms with E-state index in [-0.39, 0.29) is 37.5 Å². The summed E-state index contributed by atoms with van der Waals surface area (Å²) in [5.41, 5.74) is 0. The standard InChI is InChI=1S/C62H104O6/c1-4-7-10-13-16-19-22-25-28-30-31-33-34-37-40-43-46-49-52-55-61(64)67-58-59(57-66-60(63)54-51-48-45-42-39-36-27-24-21-18-15-12-9-6-3)68-62(65)56-53-50-47-44-41-38-35-32-29-26-23-20-17-14-11-8-5-2/h8,11,16-17,19-20,25-26,28-29,31,33,35,38,44,47,59H,4-7,9-10,12-15,18,21-24,27,30,32,34,36-37,39-43,45-46,48-58H2,1-3H3/b11-8-,19-16-,20-17-,28-25-,29-26-,33-31-,38-35-,47-44-/t59-/m1/s1. The monoisotopic (exact) mass is 945 g/mol. The van der Waals surface area contributed by atoms with E-state index >= 15 is 0 Å². The van der Waals surface area contributed by atoms with Crippen molar-refractivity contribution >= 4 is 17.9 Å². The third-order valence-corrected chi connectivity index (χ3v) is 11.8. The molecule has 0 aliphatic heterocycles. The maximum atomic E-state index is 12.8. The largest absolute Gasteiger partial charge is 0.462 e. The summed E-state index contributed by atoms with van der Waals surface area (Å²) in [6.45, 7) is 6.45. The Balaban J connectivity index is 4.49. The van der Waals surface area contributed by atoms with E-state index in [1.54, 1.807) is 0 Å². The van der Waals surface area contributed by atoms with Crippen LogP contribution in [0.5, 0.6) is 0 Å². The minimum atomic E-state index is -0.812. The Labute approximate surface area is 419 Å². The van der Waals surface area contributed by atoms with E-state index < -0.39 is 6.10 Å². The molecule has 0 N–H and O–H groups in total. The van der Waals surface area contributed by atoms with E-state index in [2.05, 4.69) is 118 Å². The Morgan fingerprint density at radius 3 is 0.971 bits per heavy atom. The summed E-state index contributed by atoms with van der Waals surface area (Å²) in [6.07, 6.45) is 73.9. The second kappa shape index (κ2) is 55.9. The molecule has 0 heterocycles. The van der Waals surface area contributed by atoms with Crippen LogP contribution in [0.25, 0.3) is 0 Å². The van der Waals surface area contributed by atoms with Gasteiger partial charge in [0.25, 0.3) is 0 Å². The lowest BCUT2D eigenvalue weighted by Crippen LogP contribution is -2.30. The van der Waals surface area contributed by atoms with Crippen LogP contribution in [-0.2, 0) is 28.6 Å². The molecule has 0 unspecified atom stereocenters. The molecule has 0 saturated carbocycles. The van der Waals surface area contributed by atoms with Crippen LogP contribution in [0.1, 0.15) is 258 Å². The molecule has 6 nitrogen and oxygen atoms in total. The number of hydrogen-bond donors (Lipinski definition) is 0. The summed E-state index contributed by atoms with van der Waals surface area (Å²) >= 11 is 0. The smallest absolute Gasteiger partial charge is 0.306 e. The van der Waals surface area contributed by atoms with Crippen molar-refractivity contribution in [2.75, 3.05) is 13.2 Å². The molecule has 0 spiro atoms. The molecule has 0 bridgehead atoms. The molecule has 0 aliphatic rings. The summed E-state index contributed by atoms with van der Waals surface area (Å²) in [4.78, 5) is 38.1. The lowest BCUT2D eigenvalue weighted by Gasteiger charge is -2.18. The molecule has 0 rings (SSSR count). The van der Waals surface area contributed by atoms with E-state index in [4.69, 9.17) is 14.2 Å². The fourth-order valence-electron chi connectivity index (χ4n) is 7.60. The van der Waals surface area contributed by atoms with E-state index in [1.165, 1.54) is 109 Å². The average Bonchev–Trinajstić information content (AvgIpc) is 3.34. The van der Waals surface area contributed by atoms with Gasteiger partial charge in [0.15, 0.2) is 6.10 Å². The van der Waals surface area contributed by atoms with Crippen LogP contribution < -0.4 is 0 Å². The molecule has 0 saturated heterocycles. The van der Waals surface area contributed by atoms with Gasteiger partial charge in [-0.3, -0.25) is 14.4 Å². The van der Waals surface area contributed by atoms with E-state index in [9.17, 15) is 14.4 Å². The Bertz CT molecular complexity index is 1360. The third kappa shape index (κ3) is 53.3. The minimum absolute atomic E-state index is 0.103. The zero-order valence-electron chi connectivity index (χ0n) is 44.3. The summed E-state index contributed by atoms with van der Waals surface area (Å²) in [5.74, 6) is -0.972. The van der Waals surface area contributed by atoms with Gasteiger partial charge in [0.1, 0.15) is 13.2 Å². The van der Waals surface area contributed by atoms with Crippen molar-refractivity contribution in [1.82, 2.24) is 0 Å². The van der Waals surface area contributed by atoms with Crippen molar-refractivity contribution in [3.05, 3.63) is 97.2 Å². The molecule has 0 aromatic heterocycles. The highest BCUT2D eigenvalue weighted by molar-refractivity contribution is 5.71. The van der Waals surface area contributed by atoms with Gasteiger partial charge in [-0.1, -0.05) is 240 Å². The highest BCUT2D eigenvalue weighted by atomic mass is 16.6. The number of unbranched alkanes of at least 4 members (excludes halogenated alkanes) is 23. The first-order chi connectivity index (χ1) is 33.5. The molecule has 0 amide bonds. The number of hydrogen-bond acceptors (Lipinski definition) is 6. The van der Waals surface area contributed by atoms with Crippen LogP contribution in [0.15, 0.2) is 97.2 Å². The van der Waals surface area contributed by atoms with E-state index in [0.717, 1.165) is 103 Å². The normalized spacial score (nSPS) is 12.8. The van der Waals surface area contributed by atoms with Crippen molar-refractivity contribution in [2.45, 2.75) is 264 Å². The van der Waals surface area contributed by atoms with Gasteiger partial charge in [0, 0.05) is 19.3 Å². The van der Waals surface area contributed by atoms with Gasteiger partial charge in [0.2, 0.25) is 0 Å². The first-order valence-corrected chi connectivity index (χ1v) is 28.2. The first kappa shape index (κ1) is 64.3. The molecule has 0 fully saturated rings. The number of carbonyl (C=O) groups is 3. The fourth-order valence-corrected chi connectivity index (χ4v) is 7.60. The predicted octanol–water partition coefficient (Wildman–Crippen LogP) is 18.9. The molecule has 0 aromatic rings. The van der Waals surface area contributed by atoms with E-state index in [0.29, 0.717) is 19.3 Å². The van der Waals surface area contributed by atoms with Gasteiger partial charge in [-0.05, 0) is 96.3 Å². The number of rotatable bonds is 50. The lowest BCUT2D eigenvalue weighted by atomic mass is 10.0. The molecule has 68 heavy (non-hydrogen) atoms. The molecule has 0 aromatic carbocycles. The zero-order valence-corrected chi connectivity index (χ0v) is 44.3. The lowest BCUT2D eigenvalue weighted by molar-refractivity contribution is -0.167. The van der Waals surface area contributed by atoms with Gasteiger partial charge >= 0.3 is 17.9 Å². The SMILES string of the molecule is CC/C=C\C/C=C\C/C=C\C/C=C\C/C=C\CCCC(=O)O[C@@H](COC(=O)CCCCCCCC/C=C\C/C=C\C/C=C\CCCCC)COC(=O)CCCCCCCCCCCCCCCC. The molecular formula is C62H104O6. The van der Waals surface area contributed by atoms with Gasteiger partial charge in [-0.15, -0.1) is 0 Å². The Hall–Kier alpha value is -3.67. The summed E-state index contributed by atoms with van der Waals surface area (Å²) in [7, 11) is 0. The number of ether oxygens (including phenoxy) is 3. The van der Waals surface area contributed by atoms with Crippen molar-refractivity contribution in [3.8, 4) is 0 Å². The number of allylic oxidation sites excluding steroid dienone is 16. The summed E-state index contributed by atoms with van der Waals surface area (Å²) < 4.78 is 16.8. The predicted molar refractivity (Wildman–Crippen MR) is 293 cm³/mol. The van der Waals surface area contributed by atoms with Crippen LogP contribution in [0.3, 0.4) is 0 Å². The summed E-state index contributed by atoms with van der Waals surface area (Å²) in [6, 6.07) is 0. The van der Waals surface area contributed by atoms with Crippen molar-refractivity contribution < 1.29 is 28.6 Å². The van der Waals surface area contributed by atoms with Crippen molar-refractivity contribution in [1.29, 1.82) is 0 Å². The first-order valence-electron chi connectivity index (χ1n) is 28.2. The van der Waals surface area contributed by atoms with Gasteiger partial charge in [0.05, 0.1) is 0 Å². The van der Waals surface area contributed by atoms with Gasteiger partial charge in [-0.2, -0.15) is 0 Å². The Morgan fingerprint density at radius 1 is 0.309 bits per heavy atom. The average molecular weight is 946 g/mol. The van der Waals surface area contributed by atoms with Crippen LogP contribution in [0.2, 0.25) is 0 Å². The van der Waals surface area contributed by atoms with Crippen LogP contribution in [0, 0.1) is 0 Å².